The number of fused-ring (bicyclic) bond motifs is 1. The van der Waals surface area contributed by atoms with E-state index >= 15 is 0 Å². The van der Waals surface area contributed by atoms with Gasteiger partial charge in [0.15, 0.2) is 0 Å². The summed E-state index contributed by atoms with van der Waals surface area (Å²) in [6.07, 6.45) is 3.60. The standard InChI is InChI=1S/C12H22N2O2/c1-12(2,11(15)16)13(3)9-6-8-14-7-4-5-10(9)14/h9-10H,4-8H2,1-3H3,(H,15,16). The SMILES string of the molecule is CN(C1CCN2CCCC12)C(C)(C)C(=O)O. The molecule has 2 saturated heterocycles. The lowest BCUT2D eigenvalue weighted by molar-refractivity contribution is -0.150. The molecule has 0 aromatic rings. The van der Waals surface area contributed by atoms with Crippen molar-refractivity contribution in [3.05, 3.63) is 0 Å². The molecule has 2 aliphatic heterocycles. The van der Waals surface area contributed by atoms with Crippen molar-refractivity contribution >= 4 is 5.97 Å². The lowest BCUT2D eigenvalue weighted by atomic mass is 9.97. The van der Waals surface area contributed by atoms with E-state index in [1.807, 2.05) is 7.05 Å². The Kier molecular flexibility index (Phi) is 2.97. The smallest absolute Gasteiger partial charge is 0.323 e. The molecule has 2 rings (SSSR count). The molecule has 4 heteroatoms. The second-order valence-electron chi connectivity index (χ2n) is 5.58. The highest BCUT2D eigenvalue weighted by Gasteiger charge is 2.45. The zero-order chi connectivity index (χ0) is 11.9. The molecule has 0 amide bonds. The molecule has 0 saturated carbocycles. The van der Waals surface area contributed by atoms with E-state index in [1.54, 1.807) is 13.8 Å². The van der Waals surface area contributed by atoms with Crippen LogP contribution >= 0.6 is 0 Å². The fourth-order valence-electron chi connectivity index (χ4n) is 3.07. The van der Waals surface area contributed by atoms with Gasteiger partial charge in [-0.1, -0.05) is 0 Å². The molecule has 4 nitrogen and oxygen atoms in total. The number of rotatable bonds is 3. The summed E-state index contributed by atoms with van der Waals surface area (Å²) in [5, 5.41) is 9.26. The highest BCUT2D eigenvalue weighted by Crippen LogP contribution is 2.33. The number of nitrogens with zero attached hydrogens (tertiary/aromatic N) is 2. The number of carbonyl (C=O) groups is 1. The summed E-state index contributed by atoms with van der Waals surface area (Å²) >= 11 is 0. The van der Waals surface area contributed by atoms with Crippen molar-refractivity contribution in [2.24, 2.45) is 0 Å². The molecule has 0 bridgehead atoms. The van der Waals surface area contributed by atoms with Crippen molar-refractivity contribution in [1.29, 1.82) is 0 Å². The molecule has 16 heavy (non-hydrogen) atoms. The Hall–Kier alpha value is -0.610. The molecule has 2 fully saturated rings. The summed E-state index contributed by atoms with van der Waals surface area (Å²) in [4.78, 5) is 15.8. The van der Waals surface area contributed by atoms with Crippen molar-refractivity contribution in [1.82, 2.24) is 9.80 Å². The van der Waals surface area contributed by atoms with Crippen molar-refractivity contribution in [3.8, 4) is 0 Å². The van der Waals surface area contributed by atoms with E-state index in [9.17, 15) is 9.90 Å². The molecule has 0 spiro atoms. The highest BCUT2D eigenvalue weighted by molar-refractivity contribution is 5.77. The van der Waals surface area contributed by atoms with Crippen LogP contribution in [0.25, 0.3) is 0 Å². The normalized spacial score (nSPS) is 31.0. The van der Waals surface area contributed by atoms with Crippen LogP contribution in [0.1, 0.15) is 33.1 Å². The van der Waals surface area contributed by atoms with E-state index < -0.39 is 11.5 Å². The van der Waals surface area contributed by atoms with Crippen LogP contribution in [-0.4, -0.2) is 58.6 Å². The molecule has 2 unspecified atom stereocenters. The van der Waals surface area contributed by atoms with Crippen LogP contribution in [-0.2, 0) is 4.79 Å². The fourth-order valence-corrected chi connectivity index (χ4v) is 3.07. The van der Waals surface area contributed by atoms with Crippen molar-refractivity contribution < 1.29 is 9.90 Å². The average molecular weight is 226 g/mol. The van der Waals surface area contributed by atoms with Gasteiger partial charge in [0.1, 0.15) is 5.54 Å². The minimum absolute atomic E-state index is 0.411. The third-order valence-electron chi connectivity index (χ3n) is 4.47. The fraction of sp³-hybridized carbons (Fsp3) is 0.917. The van der Waals surface area contributed by atoms with Gasteiger partial charge >= 0.3 is 5.97 Å². The quantitative estimate of drug-likeness (QED) is 0.780. The van der Waals surface area contributed by atoms with Crippen LogP contribution in [0.4, 0.5) is 0 Å². The summed E-state index contributed by atoms with van der Waals surface area (Å²) < 4.78 is 0. The van der Waals surface area contributed by atoms with Crippen LogP contribution in [0.3, 0.4) is 0 Å². The van der Waals surface area contributed by atoms with Gasteiger partial charge in [0.25, 0.3) is 0 Å². The number of carboxylic acids is 1. The molecule has 0 aromatic heterocycles. The number of aliphatic carboxylic acids is 1. The lowest BCUT2D eigenvalue weighted by Crippen LogP contribution is -2.55. The topological polar surface area (TPSA) is 43.8 Å². The summed E-state index contributed by atoms with van der Waals surface area (Å²) in [5.41, 5.74) is -0.761. The molecule has 2 heterocycles. The van der Waals surface area contributed by atoms with Gasteiger partial charge in [-0.3, -0.25) is 14.6 Å². The summed E-state index contributed by atoms with van der Waals surface area (Å²) in [7, 11) is 1.96. The van der Waals surface area contributed by atoms with Gasteiger partial charge in [0.2, 0.25) is 0 Å². The first-order chi connectivity index (χ1) is 7.44. The summed E-state index contributed by atoms with van der Waals surface area (Å²) in [5.74, 6) is -0.730. The largest absolute Gasteiger partial charge is 0.480 e. The molecule has 0 radical (unpaired) electrons. The zero-order valence-corrected chi connectivity index (χ0v) is 10.4. The molecular formula is C12H22N2O2. The minimum Gasteiger partial charge on any atom is -0.480 e. The van der Waals surface area contributed by atoms with E-state index in [1.165, 1.54) is 19.4 Å². The maximum Gasteiger partial charge on any atom is 0.323 e. The van der Waals surface area contributed by atoms with Crippen LogP contribution in [0.15, 0.2) is 0 Å². The van der Waals surface area contributed by atoms with Crippen molar-refractivity contribution in [2.75, 3.05) is 20.1 Å². The third-order valence-corrected chi connectivity index (χ3v) is 4.47. The van der Waals surface area contributed by atoms with E-state index in [0.717, 1.165) is 13.0 Å². The molecule has 92 valence electrons. The Morgan fingerprint density at radius 2 is 2.06 bits per heavy atom. The van der Waals surface area contributed by atoms with Gasteiger partial charge in [-0.25, -0.2) is 0 Å². The Morgan fingerprint density at radius 3 is 2.69 bits per heavy atom. The maximum atomic E-state index is 11.3. The van der Waals surface area contributed by atoms with Crippen LogP contribution < -0.4 is 0 Å². The monoisotopic (exact) mass is 226 g/mol. The van der Waals surface area contributed by atoms with E-state index in [-0.39, 0.29) is 0 Å². The Balaban J connectivity index is 2.10. The Labute approximate surface area is 97.2 Å². The van der Waals surface area contributed by atoms with E-state index in [4.69, 9.17) is 0 Å². The lowest BCUT2D eigenvalue weighted by Gasteiger charge is -2.38. The van der Waals surface area contributed by atoms with Gasteiger partial charge in [0.05, 0.1) is 0 Å². The molecule has 0 aliphatic carbocycles. The van der Waals surface area contributed by atoms with Crippen LogP contribution in [0.5, 0.6) is 0 Å². The highest BCUT2D eigenvalue weighted by atomic mass is 16.4. The van der Waals surface area contributed by atoms with Crippen molar-refractivity contribution in [3.63, 3.8) is 0 Å². The first kappa shape index (κ1) is 11.9. The van der Waals surface area contributed by atoms with Gasteiger partial charge in [0, 0.05) is 18.6 Å². The number of carboxylic acid groups (broad SMARTS) is 1. The van der Waals surface area contributed by atoms with Gasteiger partial charge < -0.3 is 5.11 Å². The molecule has 0 aromatic carbocycles. The first-order valence-corrected chi connectivity index (χ1v) is 6.15. The van der Waals surface area contributed by atoms with Gasteiger partial charge in [-0.2, -0.15) is 0 Å². The van der Waals surface area contributed by atoms with E-state index in [0.29, 0.717) is 12.1 Å². The maximum absolute atomic E-state index is 11.3. The molecular weight excluding hydrogens is 204 g/mol. The zero-order valence-electron chi connectivity index (χ0n) is 10.4. The molecule has 2 atom stereocenters. The number of hydrogen-bond donors (Lipinski definition) is 1. The van der Waals surface area contributed by atoms with E-state index in [2.05, 4.69) is 9.80 Å². The molecule has 2 aliphatic rings. The van der Waals surface area contributed by atoms with Crippen molar-refractivity contribution in [2.45, 2.75) is 50.7 Å². The van der Waals surface area contributed by atoms with Crippen LogP contribution in [0, 0.1) is 0 Å². The Bertz CT molecular complexity index is 291. The first-order valence-electron chi connectivity index (χ1n) is 6.15. The van der Waals surface area contributed by atoms with Gasteiger partial charge in [-0.05, 0) is 46.7 Å². The number of hydrogen-bond acceptors (Lipinski definition) is 3. The minimum atomic E-state index is -0.761. The predicted molar refractivity (Wildman–Crippen MR) is 62.5 cm³/mol. The summed E-state index contributed by atoms with van der Waals surface area (Å²) in [6, 6.07) is 0.997. The summed E-state index contributed by atoms with van der Waals surface area (Å²) in [6.45, 7) is 5.93. The average Bonchev–Trinajstić information content (AvgIpc) is 2.76. The third kappa shape index (κ3) is 1.74. The second kappa shape index (κ2) is 4.00. The predicted octanol–water partition coefficient (Wildman–Crippen LogP) is 1.02. The Morgan fingerprint density at radius 1 is 1.38 bits per heavy atom. The second-order valence-corrected chi connectivity index (χ2v) is 5.58. The molecule has 1 N–H and O–H groups in total. The van der Waals surface area contributed by atoms with Gasteiger partial charge in [-0.15, -0.1) is 0 Å². The van der Waals surface area contributed by atoms with Crippen LogP contribution in [0.2, 0.25) is 0 Å². The number of likely N-dealkylation sites (N-methyl/N-ethyl adjacent to an activating group) is 1.